The van der Waals surface area contributed by atoms with Crippen LogP contribution in [0.2, 0.25) is 0 Å². The van der Waals surface area contributed by atoms with Gasteiger partial charge in [-0.15, -0.1) is 0 Å². The fraction of sp³-hybridized carbons (Fsp3) is 0.714. The Morgan fingerprint density at radius 1 is 1.37 bits per heavy atom. The minimum Gasteiger partial charge on any atom is -0.480 e. The second-order valence-electron chi connectivity index (χ2n) is 5.59. The van der Waals surface area contributed by atoms with Crippen molar-refractivity contribution in [2.24, 2.45) is 5.41 Å². The topological polar surface area (TPSA) is 66.8 Å². The Morgan fingerprint density at radius 3 is 2.63 bits per heavy atom. The second kappa shape index (κ2) is 5.63. The quantitative estimate of drug-likeness (QED) is 0.797. The van der Waals surface area contributed by atoms with Crippen molar-refractivity contribution in [3.05, 3.63) is 12.7 Å². The number of aliphatic carboxylic acids is 1. The molecule has 1 spiro atoms. The van der Waals surface area contributed by atoms with Gasteiger partial charge in [0.25, 0.3) is 0 Å². The predicted octanol–water partition coefficient (Wildman–Crippen LogP) is 2.42. The third kappa shape index (κ3) is 2.91. The van der Waals surface area contributed by atoms with E-state index in [2.05, 4.69) is 6.58 Å². The van der Waals surface area contributed by atoms with E-state index in [1.807, 2.05) is 0 Å². The van der Waals surface area contributed by atoms with Gasteiger partial charge in [0.2, 0.25) is 0 Å². The predicted molar refractivity (Wildman–Crippen MR) is 69.8 cm³/mol. The van der Waals surface area contributed by atoms with Crippen molar-refractivity contribution < 1.29 is 19.4 Å². The van der Waals surface area contributed by atoms with Gasteiger partial charge in [-0.1, -0.05) is 25.5 Å². The molecule has 1 saturated carbocycles. The minimum atomic E-state index is -0.941. The normalized spacial score (nSPS) is 25.3. The van der Waals surface area contributed by atoms with E-state index in [-0.39, 0.29) is 12.0 Å². The van der Waals surface area contributed by atoms with Crippen molar-refractivity contribution in [1.82, 2.24) is 4.90 Å². The van der Waals surface area contributed by atoms with E-state index in [0.717, 1.165) is 19.3 Å². The Morgan fingerprint density at radius 2 is 2.05 bits per heavy atom. The van der Waals surface area contributed by atoms with Gasteiger partial charge in [-0.05, 0) is 31.1 Å². The van der Waals surface area contributed by atoms with E-state index in [1.54, 1.807) is 0 Å². The van der Waals surface area contributed by atoms with Crippen LogP contribution in [0.5, 0.6) is 0 Å². The number of rotatable bonds is 3. The maximum atomic E-state index is 12.0. The highest BCUT2D eigenvalue weighted by molar-refractivity contribution is 5.80. The van der Waals surface area contributed by atoms with Crippen molar-refractivity contribution in [3.8, 4) is 0 Å². The van der Waals surface area contributed by atoms with Crippen LogP contribution < -0.4 is 0 Å². The molecule has 0 bridgehead atoms. The molecule has 0 aromatic rings. The van der Waals surface area contributed by atoms with Crippen LogP contribution in [0.1, 0.15) is 38.5 Å². The first-order chi connectivity index (χ1) is 9.08. The molecule has 1 unspecified atom stereocenters. The zero-order valence-corrected chi connectivity index (χ0v) is 11.1. The summed E-state index contributed by atoms with van der Waals surface area (Å²) in [6, 6.07) is -0.747. The fourth-order valence-electron chi connectivity index (χ4n) is 3.34. The van der Waals surface area contributed by atoms with E-state index in [0.29, 0.717) is 13.0 Å². The number of carboxylic acids is 1. The number of likely N-dealkylation sites (tertiary alicyclic amines) is 1. The Balaban J connectivity index is 2.10. The highest BCUT2D eigenvalue weighted by atomic mass is 16.6. The van der Waals surface area contributed by atoms with E-state index in [9.17, 15) is 14.7 Å². The molecule has 106 valence electrons. The smallest absolute Gasteiger partial charge is 0.410 e. The monoisotopic (exact) mass is 267 g/mol. The number of hydrogen-bond donors (Lipinski definition) is 1. The van der Waals surface area contributed by atoms with Crippen LogP contribution in [0.25, 0.3) is 0 Å². The number of hydrogen-bond acceptors (Lipinski definition) is 3. The Hall–Kier alpha value is -1.52. The van der Waals surface area contributed by atoms with Gasteiger partial charge in [0.1, 0.15) is 12.6 Å². The van der Waals surface area contributed by atoms with Crippen LogP contribution in [0.4, 0.5) is 4.79 Å². The molecule has 1 heterocycles. The van der Waals surface area contributed by atoms with Gasteiger partial charge in [0.05, 0.1) is 0 Å². The molecule has 1 aliphatic carbocycles. The molecule has 5 nitrogen and oxygen atoms in total. The SMILES string of the molecule is C=CCOC(=O)N1CC2(CCCC2)CCC1C(=O)O. The molecule has 2 rings (SSSR count). The molecule has 1 aliphatic heterocycles. The fourth-order valence-corrected chi connectivity index (χ4v) is 3.34. The maximum Gasteiger partial charge on any atom is 0.410 e. The minimum absolute atomic E-state index is 0.120. The largest absolute Gasteiger partial charge is 0.480 e. The maximum absolute atomic E-state index is 12.0. The van der Waals surface area contributed by atoms with Crippen LogP contribution in [-0.4, -0.2) is 41.3 Å². The number of carboxylic acid groups (broad SMARTS) is 1. The third-order valence-corrected chi connectivity index (χ3v) is 4.34. The van der Waals surface area contributed by atoms with Crippen LogP contribution in [0, 0.1) is 5.41 Å². The number of ether oxygens (including phenoxy) is 1. The lowest BCUT2D eigenvalue weighted by Crippen LogP contribution is -2.54. The number of nitrogens with zero attached hydrogens (tertiary/aromatic N) is 1. The molecule has 19 heavy (non-hydrogen) atoms. The highest BCUT2D eigenvalue weighted by Gasteiger charge is 2.45. The molecule has 2 aliphatic rings. The standard InChI is InChI=1S/C14H21NO4/c1-2-9-19-13(18)15-10-14(6-3-4-7-14)8-5-11(15)12(16)17/h2,11H,1,3-10H2,(H,16,17). The summed E-state index contributed by atoms with van der Waals surface area (Å²) in [6.07, 6.45) is 6.91. The van der Waals surface area contributed by atoms with Gasteiger partial charge in [-0.2, -0.15) is 0 Å². The summed E-state index contributed by atoms with van der Waals surface area (Å²) < 4.78 is 5.02. The molecule has 1 N–H and O–H groups in total. The van der Waals surface area contributed by atoms with Crippen molar-refractivity contribution in [1.29, 1.82) is 0 Å². The Labute approximate surface area is 113 Å². The first-order valence-corrected chi connectivity index (χ1v) is 6.85. The lowest BCUT2D eigenvalue weighted by molar-refractivity contribution is -0.145. The summed E-state index contributed by atoms with van der Waals surface area (Å²) in [5, 5.41) is 9.24. The van der Waals surface area contributed by atoms with E-state index in [1.165, 1.54) is 23.8 Å². The van der Waals surface area contributed by atoms with E-state index in [4.69, 9.17) is 4.74 Å². The van der Waals surface area contributed by atoms with Crippen LogP contribution in [-0.2, 0) is 9.53 Å². The summed E-state index contributed by atoms with van der Waals surface area (Å²) in [7, 11) is 0. The number of carbonyl (C=O) groups is 2. The Kier molecular flexibility index (Phi) is 4.12. The molecule has 1 atom stereocenters. The molecule has 1 saturated heterocycles. The first-order valence-electron chi connectivity index (χ1n) is 6.85. The number of carbonyl (C=O) groups excluding carboxylic acids is 1. The molecule has 0 aromatic heterocycles. The number of amides is 1. The highest BCUT2D eigenvalue weighted by Crippen LogP contribution is 2.46. The second-order valence-corrected chi connectivity index (χ2v) is 5.59. The van der Waals surface area contributed by atoms with Crippen LogP contribution in [0.3, 0.4) is 0 Å². The molecule has 2 fully saturated rings. The van der Waals surface area contributed by atoms with Gasteiger partial charge in [-0.3, -0.25) is 4.90 Å². The van der Waals surface area contributed by atoms with Crippen LogP contribution >= 0.6 is 0 Å². The van der Waals surface area contributed by atoms with Crippen molar-refractivity contribution in [3.63, 3.8) is 0 Å². The summed E-state index contributed by atoms with van der Waals surface area (Å²) in [4.78, 5) is 24.7. The summed E-state index contributed by atoms with van der Waals surface area (Å²) in [5.74, 6) is -0.941. The van der Waals surface area contributed by atoms with Crippen molar-refractivity contribution in [2.45, 2.75) is 44.6 Å². The molecule has 0 aromatic carbocycles. The average molecular weight is 267 g/mol. The molecule has 1 amide bonds. The lowest BCUT2D eigenvalue weighted by atomic mass is 9.76. The molecule has 0 radical (unpaired) electrons. The first kappa shape index (κ1) is 13.9. The summed E-state index contributed by atoms with van der Waals surface area (Å²) >= 11 is 0. The Bertz CT molecular complexity index is 374. The van der Waals surface area contributed by atoms with Gasteiger partial charge in [-0.25, -0.2) is 9.59 Å². The van der Waals surface area contributed by atoms with Crippen molar-refractivity contribution in [2.75, 3.05) is 13.2 Å². The third-order valence-electron chi connectivity index (χ3n) is 4.34. The van der Waals surface area contributed by atoms with Crippen molar-refractivity contribution >= 4 is 12.1 Å². The van der Waals surface area contributed by atoms with E-state index < -0.39 is 18.1 Å². The average Bonchev–Trinajstić information content (AvgIpc) is 2.83. The zero-order chi connectivity index (χ0) is 13.9. The molecular formula is C14H21NO4. The van der Waals surface area contributed by atoms with Gasteiger partial charge >= 0.3 is 12.1 Å². The number of piperidine rings is 1. The molecular weight excluding hydrogens is 246 g/mol. The van der Waals surface area contributed by atoms with Gasteiger partial charge in [0.15, 0.2) is 0 Å². The van der Waals surface area contributed by atoms with Gasteiger partial charge in [0, 0.05) is 6.54 Å². The van der Waals surface area contributed by atoms with E-state index >= 15 is 0 Å². The summed E-state index contributed by atoms with van der Waals surface area (Å²) in [5.41, 5.74) is 0.124. The van der Waals surface area contributed by atoms with Gasteiger partial charge < -0.3 is 9.84 Å². The molecule has 5 heteroatoms. The lowest BCUT2D eigenvalue weighted by Gasteiger charge is -2.43. The zero-order valence-electron chi connectivity index (χ0n) is 11.1. The summed E-state index contributed by atoms with van der Waals surface area (Å²) in [6.45, 7) is 4.12. The van der Waals surface area contributed by atoms with Crippen LogP contribution in [0.15, 0.2) is 12.7 Å².